The number of thioether (sulfide) groups is 1. The number of nitrogens with one attached hydrogen (secondary N) is 1. The van der Waals surface area contributed by atoms with E-state index < -0.39 is 0 Å². The molecule has 7 nitrogen and oxygen atoms in total. The van der Waals surface area contributed by atoms with Crippen LogP contribution in [0.1, 0.15) is 31.5 Å². The van der Waals surface area contributed by atoms with Crippen LogP contribution in [0.2, 0.25) is 0 Å². The number of carbonyl (C=O) groups excluding carboxylic acids is 1. The number of aromatic nitrogens is 2. The topological polar surface area (TPSA) is 82.5 Å². The molecule has 0 radical (unpaired) electrons. The number of ether oxygens (including phenoxy) is 2. The van der Waals surface area contributed by atoms with E-state index in [4.69, 9.17) is 9.47 Å². The number of methoxy groups -OCH3 is 2. The van der Waals surface area contributed by atoms with Gasteiger partial charge in [-0.05, 0) is 18.6 Å². The van der Waals surface area contributed by atoms with Gasteiger partial charge in [-0.2, -0.15) is 0 Å². The molecular weight excluding hydrogens is 366 g/mol. The van der Waals surface area contributed by atoms with Gasteiger partial charge in [0.25, 0.3) is 5.56 Å². The molecule has 8 heteroatoms. The van der Waals surface area contributed by atoms with Gasteiger partial charge in [0.2, 0.25) is 5.91 Å². The Morgan fingerprint density at radius 1 is 1.33 bits per heavy atom. The molecule has 0 saturated heterocycles. The summed E-state index contributed by atoms with van der Waals surface area (Å²) in [6.45, 7) is 2.06. The SMILES string of the molecule is CCCc1cc(=O)n2c(n1)SCC2CC(=O)Nc1ccc(OC)cc1OC. The fraction of sp³-hybridized carbons (Fsp3) is 0.421. The van der Waals surface area contributed by atoms with E-state index in [0.717, 1.165) is 18.5 Å². The summed E-state index contributed by atoms with van der Waals surface area (Å²) in [7, 11) is 3.10. The Balaban J connectivity index is 1.73. The van der Waals surface area contributed by atoms with Crippen molar-refractivity contribution >= 4 is 23.4 Å². The van der Waals surface area contributed by atoms with Crippen molar-refractivity contribution in [3.8, 4) is 11.5 Å². The van der Waals surface area contributed by atoms with Gasteiger partial charge < -0.3 is 14.8 Å². The zero-order valence-electron chi connectivity index (χ0n) is 15.7. The summed E-state index contributed by atoms with van der Waals surface area (Å²) in [5.41, 5.74) is 1.29. The van der Waals surface area contributed by atoms with Gasteiger partial charge in [-0.25, -0.2) is 4.98 Å². The van der Waals surface area contributed by atoms with Crippen LogP contribution < -0.4 is 20.3 Å². The second-order valence-electron chi connectivity index (χ2n) is 6.27. The summed E-state index contributed by atoms with van der Waals surface area (Å²) in [6, 6.07) is 6.57. The average Bonchev–Trinajstić information content (AvgIpc) is 3.05. The Morgan fingerprint density at radius 2 is 2.15 bits per heavy atom. The third-order valence-corrected chi connectivity index (χ3v) is 5.45. The maximum atomic E-state index is 12.5. The summed E-state index contributed by atoms with van der Waals surface area (Å²) in [6.07, 6.45) is 1.92. The molecule has 3 rings (SSSR count). The molecule has 2 aromatic rings. The minimum atomic E-state index is -0.204. The summed E-state index contributed by atoms with van der Waals surface area (Å²) in [5.74, 6) is 1.64. The molecule has 144 valence electrons. The van der Waals surface area contributed by atoms with Gasteiger partial charge in [-0.15, -0.1) is 0 Å². The molecule has 0 fully saturated rings. The molecular formula is C19H23N3O4S. The Labute approximate surface area is 162 Å². The van der Waals surface area contributed by atoms with Crippen LogP contribution in [0.3, 0.4) is 0 Å². The van der Waals surface area contributed by atoms with Crippen LogP contribution in [0.5, 0.6) is 11.5 Å². The van der Waals surface area contributed by atoms with E-state index in [1.807, 2.05) is 0 Å². The number of carbonyl (C=O) groups is 1. The van der Waals surface area contributed by atoms with Gasteiger partial charge in [-0.3, -0.25) is 14.2 Å². The van der Waals surface area contributed by atoms with Gasteiger partial charge in [0.1, 0.15) is 11.5 Å². The monoisotopic (exact) mass is 389 g/mol. The molecule has 1 unspecified atom stereocenters. The highest BCUT2D eigenvalue weighted by Crippen LogP contribution is 2.33. The highest BCUT2D eigenvalue weighted by Gasteiger charge is 2.28. The Morgan fingerprint density at radius 3 is 2.85 bits per heavy atom. The highest BCUT2D eigenvalue weighted by atomic mass is 32.2. The van der Waals surface area contributed by atoms with Crippen LogP contribution in [-0.2, 0) is 11.2 Å². The maximum absolute atomic E-state index is 12.5. The van der Waals surface area contributed by atoms with Crippen LogP contribution in [0.25, 0.3) is 0 Å². The first-order valence-corrected chi connectivity index (χ1v) is 9.81. The molecule has 1 aromatic heterocycles. The Kier molecular flexibility index (Phi) is 6.05. The van der Waals surface area contributed by atoms with E-state index >= 15 is 0 Å². The van der Waals surface area contributed by atoms with Gasteiger partial charge >= 0.3 is 0 Å². The van der Waals surface area contributed by atoms with Crippen molar-refractivity contribution in [2.75, 3.05) is 25.3 Å². The van der Waals surface area contributed by atoms with E-state index in [0.29, 0.717) is 28.1 Å². The molecule has 1 aromatic carbocycles. The van der Waals surface area contributed by atoms with E-state index in [-0.39, 0.29) is 23.9 Å². The lowest BCUT2D eigenvalue weighted by Crippen LogP contribution is -2.27. The van der Waals surface area contributed by atoms with Crippen molar-refractivity contribution in [1.82, 2.24) is 9.55 Å². The van der Waals surface area contributed by atoms with Crippen molar-refractivity contribution in [1.29, 1.82) is 0 Å². The number of anilines is 1. The van der Waals surface area contributed by atoms with Gasteiger partial charge in [0.15, 0.2) is 5.16 Å². The number of rotatable bonds is 7. The smallest absolute Gasteiger partial charge is 0.254 e. The number of benzene rings is 1. The van der Waals surface area contributed by atoms with Crippen LogP contribution >= 0.6 is 11.8 Å². The minimum Gasteiger partial charge on any atom is -0.497 e. The van der Waals surface area contributed by atoms with Crippen LogP contribution in [-0.4, -0.2) is 35.4 Å². The number of nitrogens with zero attached hydrogens (tertiary/aromatic N) is 2. The van der Waals surface area contributed by atoms with E-state index in [9.17, 15) is 9.59 Å². The molecule has 1 amide bonds. The van der Waals surface area contributed by atoms with Gasteiger partial charge in [0, 0.05) is 30.0 Å². The van der Waals surface area contributed by atoms with Crippen molar-refractivity contribution in [3.63, 3.8) is 0 Å². The minimum absolute atomic E-state index is 0.0896. The van der Waals surface area contributed by atoms with Crippen molar-refractivity contribution < 1.29 is 14.3 Å². The standard InChI is InChI=1S/C19H23N3O4S/c1-4-5-12-8-18(24)22-13(11-27-19(22)20-12)9-17(23)21-15-7-6-14(25-2)10-16(15)26-3/h6-8,10,13H,4-5,9,11H2,1-3H3,(H,21,23). The lowest BCUT2D eigenvalue weighted by molar-refractivity contribution is -0.116. The van der Waals surface area contributed by atoms with Gasteiger partial charge in [-0.1, -0.05) is 25.1 Å². The molecule has 1 aliphatic rings. The van der Waals surface area contributed by atoms with Crippen molar-refractivity contribution in [2.45, 2.75) is 37.4 Å². The predicted octanol–water partition coefficient (Wildman–Crippen LogP) is 2.89. The van der Waals surface area contributed by atoms with E-state index in [1.165, 1.54) is 18.9 Å². The molecule has 2 heterocycles. The average molecular weight is 389 g/mol. The number of fused-ring (bicyclic) bond motifs is 1. The zero-order chi connectivity index (χ0) is 19.4. The summed E-state index contributed by atoms with van der Waals surface area (Å²) >= 11 is 1.52. The van der Waals surface area contributed by atoms with Crippen molar-refractivity contribution in [3.05, 3.63) is 40.3 Å². The zero-order valence-corrected chi connectivity index (χ0v) is 16.5. The fourth-order valence-electron chi connectivity index (χ4n) is 3.05. The molecule has 1 N–H and O–H groups in total. The lowest BCUT2D eigenvalue weighted by Gasteiger charge is -2.15. The third kappa shape index (κ3) is 4.27. The molecule has 27 heavy (non-hydrogen) atoms. The molecule has 0 saturated carbocycles. The number of aryl methyl sites for hydroxylation is 1. The predicted molar refractivity (Wildman–Crippen MR) is 105 cm³/mol. The third-order valence-electron chi connectivity index (χ3n) is 4.35. The van der Waals surface area contributed by atoms with E-state index in [1.54, 1.807) is 35.9 Å². The maximum Gasteiger partial charge on any atom is 0.254 e. The molecule has 0 spiro atoms. The summed E-state index contributed by atoms with van der Waals surface area (Å²) in [4.78, 5) is 29.6. The molecule has 1 atom stereocenters. The molecule has 0 aliphatic carbocycles. The number of amides is 1. The largest absolute Gasteiger partial charge is 0.497 e. The van der Waals surface area contributed by atoms with Crippen LogP contribution in [0, 0.1) is 0 Å². The highest BCUT2D eigenvalue weighted by molar-refractivity contribution is 7.99. The normalized spacial score (nSPS) is 15.3. The van der Waals surface area contributed by atoms with E-state index in [2.05, 4.69) is 17.2 Å². The molecule has 1 aliphatic heterocycles. The number of hydrogen-bond donors (Lipinski definition) is 1. The van der Waals surface area contributed by atoms with Crippen molar-refractivity contribution in [2.24, 2.45) is 0 Å². The summed E-state index contributed by atoms with van der Waals surface area (Å²) in [5, 5.41) is 3.56. The van der Waals surface area contributed by atoms with Crippen LogP contribution in [0.15, 0.2) is 34.2 Å². The quantitative estimate of drug-likeness (QED) is 0.733. The van der Waals surface area contributed by atoms with Gasteiger partial charge in [0.05, 0.1) is 25.9 Å². The second-order valence-corrected chi connectivity index (χ2v) is 7.26. The Hall–Kier alpha value is -2.48. The first-order chi connectivity index (χ1) is 13.0. The number of hydrogen-bond acceptors (Lipinski definition) is 6. The Bertz CT molecular complexity index is 897. The van der Waals surface area contributed by atoms with Crippen LogP contribution in [0.4, 0.5) is 5.69 Å². The first kappa shape index (κ1) is 19.3. The first-order valence-electron chi connectivity index (χ1n) is 8.82. The fourth-order valence-corrected chi connectivity index (χ4v) is 4.22. The molecule has 0 bridgehead atoms. The summed E-state index contributed by atoms with van der Waals surface area (Å²) < 4.78 is 12.1. The lowest BCUT2D eigenvalue weighted by atomic mass is 10.2. The second kappa shape index (κ2) is 8.47.